The molecule has 30 heavy (non-hydrogen) atoms. The summed E-state index contributed by atoms with van der Waals surface area (Å²) < 4.78 is 1.75. The van der Waals surface area contributed by atoms with Gasteiger partial charge < -0.3 is 15.5 Å². The summed E-state index contributed by atoms with van der Waals surface area (Å²) in [6, 6.07) is 13.5. The number of aryl methyl sites for hydroxylation is 1. The molecule has 2 aliphatic rings. The summed E-state index contributed by atoms with van der Waals surface area (Å²) in [5.74, 6) is 0.733. The molecule has 154 valence electrons. The Bertz CT molecular complexity index is 1150. The highest BCUT2D eigenvalue weighted by molar-refractivity contribution is 5.94. The summed E-state index contributed by atoms with van der Waals surface area (Å²) in [5, 5.41) is 6.61. The molecule has 3 aromatic rings. The number of rotatable bonds is 5. The third-order valence-corrected chi connectivity index (χ3v) is 5.89. The molecule has 1 amide bonds. The minimum atomic E-state index is -0.132. The molecule has 0 radical (unpaired) electrons. The van der Waals surface area contributed by atoms with Gasteiger partial charge in [-0.1, -0.05) is 0 Å². The highest BCUT2D eigenvalue weighted by Crippen LogP contribution is 2.22. The first-order valence-electron chi connectivity index (χ1n) is 10.6. The van der Waals surface area contributed by atoms with Crippen molar-refractivity contribution in [2.45, 2.75) is 32.2 Å². The largest absolute Gasteiger partial charge is 0.376 e. The number of benzene rings is 2. The van der Waals surface area contributed by atoms with Gasteiger partial charge in [-0.2, -0.15) is 0 Å². The first kappa shape index (κ1) is 18.7. The van der Waals surface area contributed by atoms with Crippen LogP contribution in [0.2, 0.25) is 0 Å². The van der Waals surface area contributed by atoms with Crippen LogP contribution in [0.25, 0.3) is 10.9 Å². The Morgan fingerprint density at radius 2 is 1.73 bits per heavy atom. The van der Waals surface area contributed by atoms with Crippen molar-refractivity contribution in [2.75, 3.05) is 35.2 Å². The van der Waals surface area contributed by atoms with Crippen LogP contribution in [0.5, 0.6) is 0 Å². The lowest BCUT2D eigenvalue weighted by atomic mass is 10.2. The average molecular weight is 403 g/mol. The van der Waals surface area contributed by atoms with Crippen molar-refractivity contribution < 1.29 is 4.79 Å². The number of anilines is 3. The predicted molar refractivity (Wildman–Crippen MR) is 119 cm³/mol. The second kappa shape index (κ2) is 7.82. The standard InChI is InChI=1S/C23H25N5O2/c29-22(25-16-5-8-18(9-6-16)27-11-1-2-12-27)15-24-17-7-10-20-19(14-17)23(30)28-13-3-4-21(28)26-20/h5-10,14,24H,1-4,11-13,15H2,(H,25,29). The molecular formula is C23H25N5O2. The van der Waals surface area contributed by atoms with Crippen molar-refractivity contribution in [3.63, 3.8) is 0 Å². The number of fused-ring (bicyclic) bond motifs is 2. The second-order valence-corrected chi connectivity index (χ2v) is 7.96. The number of carbonyl (C=O) groups is 1. The van der Waals surface area contributed by atoms with Gasteiger partial charge in [0.2, 0.25) is 5.91 Å². The van der Waals surface area contributed by atoms with E-state index >= 15 is 0 Å². The normalized spacial score (nSPS) is 15.4. The van der Waals surface area contributed by atoms with Crippen LogP contribution in [0.4, 0.5) is 17.1 Å². The molecule has 1 aromatic heterocycles. The van der Waals surface area contributed by atoms with Gasteiger partial charge in [-0.05, 0) is 61.7 Å². The maximum Gasteiger partial charge on any atom is 0.261 e. The Labute approximate surface area is 174 Å². The molecule has 7 heteroatoms. The second-order valence-electron chi connectivity index (χ2n) is 7.96. The molecule has 1 saturated heterocycles. The van der Waals surface area contributed by atoms with Gasteiger partial charge in [-0.25, -0.2) is 4.98 Å². The minimum Gasteiger partial charge on any atom is -0.376 e. The number of nitrogens with zero attached hydrogens (tertiary/aromatic N) is 3. The summed E-state index contributed by atoms with van der Waals surface area (Å²) in [4.78, 5) is 32.0. The lowest BCUT2D eigenvalue weighted by Crippen LogP contribution is -2.23. The smallest absolute Gasteiger partial charge is 0.261 e. The van der Waals surface area contributed by atoms with Crippen LogP contribution in [0.3, 0.4) is 0 Å². The number of hydrogen-bond donors (Lipinski definition) is 2. The summed E-state index contributed by atoms with van der Waals surface area (Å²) in [7, 11) is 0. The molecule has 5 rings (SSSR count). The van der Waals surface area contributed by atoms with Crippen LogP contribution in [-0.4, -0.2) is 35.1 Å². The van der Waals surface area contributed by atoms with Gasteiger partial charge in [0.1, 0.15) is 5.82 Å². The van der Waals surface area contributed by atoms with E-state index in [1.165, 1.54) is 18.5 Å². The van der Waals surface area contributed by atoms with Gasteiger partial charge >= 0.3 is 0 Å². The summed E-state index contributed by atoms with van der Waals surface area (Å²) in [5.41, 5.74) is 3.42. The van der Waals surface area contributed by atoms with Crippen molar-refractivity contribution in [1.29, 1.82) is 0 Å². The van der Waals surface area contributed by atoms with Crippen LogP contribution in [0.15, 0.2) is 47.3 Å². The van der Waals surface area contributed by atoms with Crippen LogP contribution in [0.1, 0.15) is 25.1 Å². The Hall–Kier alpha value is -3.35. The third kappa shape index (κ3) is 3.63. The topological polar surface area (TPSA) is 79.3 Å². The van der Waals surface area contributed by atoms with Crippen molar-refractivity contribution in [3.05, 3.63) is 58.6 Å². The molecule has 0 spiro atoms. The molecule has 2 aromatic carbocycles. The van der Waals surface area contributed by atoms with E-state index in [1.54, 1.807) is 10.6 Å². The maximum atomic E-state index is 12.7. The fraction of sp³-hybridized carbons (Fsp3) is 0.348. The number of hydrogen-bond acceptors (Lipinski definition) is 5. The molecule has 3 heterocycles. The Morgan fingerprint density at radius 1 is 0.967 bits per heavy atom. The first-order chi connectivity index (χ1) is 14.7. The van der Waals surface area contributed by atoms with E-state index in [9.17, 15) is 9.59 Å². The Balaban J connectivity index is 1.23. The molecule has 0 unspecified atom stereocenters. The van der Waals surface area contributed by atoms with E-state index in [2.05, 4.69) is 32.7 Å². The highest BCUT2D eigenvalue weighted by Gasteiger charge is 2.16. The zero-order valence-corrected chi connectivity index (χ0v) is 16.9. The average Bonchev–Trinajstić information content (AvgIpc) is 3.45. The molecule has 2 aliphatic heterocycles. The SMILES string of the molecule is O=C(CNc1ccc2nc3n(c(=O)c2c1)CCC3)Nc1ccc(N2CCCC2)cc1. The van der Waals surface area contributed by atoms with Gasteiger partial charge in [0.15, 0.2) is 0 Å². The van der Waals surface area contributed by atoms with Crippen LogP contribution in [-0.2, 0) is 17.8 Å². The van der Waals surface area contributed by atoms with E-state index in [0.717, 1.165) is 49.7 Å². The number of amides is 1. The molecule has 0 bridgehead atoms. The van der Waals surface area contributed by atoms with E-state index < -0.39 is 0 Å². The van der Waals surface area contributed by atoms with Crippen molar-refractivity contribution >= 4 is 33.9 Å². The zero-order chi connectivity index (χ0) is 20.5. The van der Waals surface area contributed by atoms with E-state index in [-0.39, 0.29) is 18.0 Å². The van der Waals surface area contributed by atoms with E-state index in [1.807, 2.05) is 24.3 Å². The molecular weight excluding hydrogens is 378 g/mol. The van der Waals surface area contributed by atoms with Crippen molar-refractivity contribution in [2.24, 2.45) is 0 Å². The number of carbonyl (C=O) groups excluding carboxylic acids is 1. The summed E-state index contributed by atoms with van der Waals surface area (Å²) >= 11 is 0. The zero-order valence-electron chi connectivity index (χ0n) is 16.9. The van der Waals surface area contributed by atoms with Gasteiger partial charge in [-0.3, -0.25) is 14.2 Å². The van der Waals surface area contributed by atoms with Crippen LogP contribution in [0, 0.1) is 0 Å². The van der Waals surface area contributed by atoms with Gasteiger partial charge in [0, 0.05) is 43.1 Å². The lowest BCUT2D eigenvalue weighted by Gasteiger charge is -2.17. The summed E-state index contributed by atoms with van der Waals surface area (Å²) in [6.07, 6.45) is 4.29. The quantitative estimate of drug-likeness (QED) is 0.685. The Kier molecular flexibility index (Phi) is 4.86. The molecule has 0 saturated carbocycles. The third-order valence-electron chi connectivity index (χ3n) is 5.89. The molecule has 7 nitrogen and oxygen atoms in total. The first-order valence-corrected chi connectivity index (χ1v) is 10.6. The van der Waals surface area contributed by atoms with Gasteiger partial charge in [0.05, 0.1) is 17.4 Å². The fourth-order valence-corrected chi connectivity index (χ4v) is 4.31. The highest BCUT2D eigenvalue weighted by atomic mass is 16.2. The molecule has 0 atom stereocenters. The van der Waals surface area contributed by atoms with Crippen molar-refractivity contribution in [1.82, 2.24) is 9.55 Å². The van der Waals surface area contributed by atoms with Gasteiger partial charge in [-0.15, -0.1) is 0 Å². The molecule has 2 N–H and O–H groups in total. The van der Waals surface area contributed by atoms with Crippen LogP contribution < -0.4 is 21.1 Å². The Morgan fingerprint density at radius 3 is 2.53 bits per heavy atom. The predicted octanol–water partition coefficient (Wildman–Crippen LogP) is 2.99. The maximum absolute atomic E-state index is 12.7. The van der Waals surface area contributed by atoms with Crippen LogP contribution >= 0.6 is 0 Å². The van der Waals surface area contributed by atoms with E-state index in [4.69, 9.17) is 0 Å². The lowest BCUT2D eigenvalue weighted by molar-refractivity contribution is -0.114. The number of aromatic nitrogens is 2. The van der Waals surface area contributed by atoms with E-state index in [0.29, 0.717) is 10.9 Å². The molecule has 1 fully saturated rings. The monoisotopic (exact) mass is 403 g/mol. The number of nitrogens with one attached hydrogen (secondary N) is 2. The fourth-order valence-electron chi connectivity index (χ4n) is 4.31. The van der Waals surface area contributed by atoms with Crippen molar-refractivity contribution in [3.8, 4) is 0 Å². The van der Waals surface area contributed by atoms with Gasteiger partial charge in [0.25, 0.3) is 5.56 Å². The minimum absolute atomic E-state index is 0.00121. The molecule has 0 aliphatic carbocycles. The summed E-state index contributed by atoms with van der Waals surface area (Å²) in [6.45, 7) is 3.05.